The maximum atomic E-state index is 12.1. The van der Waals surface area contributed by atoms with Crippen molar-refractivity contribution in [1.29, 1.82) is 0 Å². The fourth-order valence-electron chi connectivity index (χ4n) is 3.05. The van der Waals surface area contributed by atoms with Gasteiger partial charge in [-0.1, -0.05) is 48.5 Å². The smallest absolute Gasteiger partial charge is 0.434 e. The van der Waals surface area contributed by atoms with Gasteiger partial charge in [0.2, 0.25) is 0 Å². The highest BCUT2D eigenvalue weighted by atomic mass is 16.6. The molecule has 2 aromatic rings. The number of carbonyl (C=O) groups is 2. The Morgan fingerprint density at radius 1 is 0.962 bits per heavy atom. The van der Waals surface area contributed by atoms with Crippen LogP contribution in [0.4, 0.5) is 9.59 Å². The first kappa shape index (κ1) is 17.9. The van der Waals surface area contributed by atoms with E-state index in [2.05, 4.69) is 0 Å². The van der Waals surface area contributed by atoms with Crippen LogP contribution in [0.5, 0.6) is 0 Å². The molecule has 0 bridgehead atoms. The Kier molecular flexibility index (Phi) is 4.70. The number of fused-ring (bicyclic) bond motifs is 3. The van der Waals surface area contributed by atoms with Gasteiger partial charge in [0, 0.05) is 5.92 Å². The van der Waals surface area contributed by atoms with Crippen LogP contribution >= 0.6 is 0 Å². The minimum atomic E-state index is -0.949. The van der Waals surface area contributed by atoms with Crippen LogP contribution in [0.15, 0.2) is 48.5 Å². The second-order valence-corrected chi connectivity index (χ2v) is 7.15. The molecule has 0 saturated carbocycles. The Bertz CT molecular complexity index is 796. The second kappa shape index (κ2) is 6.80. The van der Waals surface area contributed by atoms with E-state index in [0.29, 0.717) is 5.01 Å². The van der Waals surface area contributed by atoms with Gasteiger partial charge in [0.1, 0.15) is 12.2 Å². The third-order valence-electron chi connectivity index (χ3n) is 4.12. The van der Waals surface area contributed by atoms with E-state index in [4.69, 9.17) is 15.3 Å². The minimum absolute atomic E-state index is 0.0867. The van der Waals surface area contributed by atoms with E-state index in [1.807, 2.05) is 48.5 Å². The van der Waals surface area contributed by atoms with Gasteiger partial charge >= 0.3 is 12.2 Å². The van der Waals surface area contributed by atoms with Gasteiger partial charge in [0.25, 0.3) is 0 Å². The molecule has 2 amide bonds. The maximum Gasteiger partial charge on any atom is 0.434 e. The Morgan fingerprint density at radius 2 is 1.46 bits per heavy atom. The minimum Gasteiger partial charge on any atom is -0.447 e. The summed E-state index contributed by atoms with van der Waals surface area (Å²) in [4.78, 5) is 24.0. The molecule has 2 aromatic carbocycles. The lowest BCUT2D eigenvalue weighted by Gasteiger charge is -2.23. The number of hydrazine groups is 1. The Morgan fingerprint density at radius 3 is 1.96 bits per heavy atom. The van der Waals surface area contributed by atoms with Crippen LogP contribution in [0.25, 0.3) is 11.1 Å². The summed E-state index contributed by atoms with van der Waals surface area (Å²) in [5, 5.41) is 0.359. The van der Waals surface area contributed by atoms with Crippen LogP contribution < -0.4 is 5.84 Å². The van der Waals surface area contributed by atoms with Gasteiger partial charge in [-0.05, 0) is 43.0 Å². The molecule has 0 heterocycles. The molecule has 0 saturated heterocycles. The van der Waals surface area contributed by atoms with E-state index in [9.17, 15) is 9.59 Å². The molecule has 6 nitrogen and oxygen atoms in total. The summed E-state index contributed by atoms with van der Waals surface area (Å²) in [6, 6.07) is 16.0. The van der Waals surface area contributed by atoms with Crippen LogP contribution in [0, 0.1) is 0 Å². The van der Waals surface area contributed by atoms with Gasteiger partial charge < -0.3 is 9.47 Å². The summed E-state index contributed by atoms with van der Waals surface area (Å²) < 4.78 is 10.4. The molecule has 26 heavy (non-hydrogen) atoms. The molecular weight excluding hydrogens is 332 g/mol. The Hall–Kier alpha value is -2.86. The van der Waals surface area contributed by atoms with Crippen molar-refractivity contribution >= 4 is 12.2 Å². The van der Waals surface area contributed by atoms with E-state index in [1.165, 1.54) is 0 Å². The molecular formula is C20H22N2O4. The summed E-state index contributed by atoms with van der Waals surface area (Å²) in [5.74, 6) is 5.43. The van der Waals surface area contributed by atoms with Gasteiger partial charge in [0.05, 0.1) is 0 Å². The fourth-order valence-corrected chi connectivity index (χ4v) is 3.05. The molecule has 1 aliphatic carbocycles. The van der Waals surface area contributed by atoms with Gasteiger partial charge in [-0.25, -0.2) is 15.4 Å². The Balaban J connectivity index is 1.72. The van der Waals surface area contributed by atoms with E-state index in [1.54, 1.807) is 20.8 Å². The molecule has 0 aliphatic heterocycles. The van der Waals surface area contributed by atoms with Crippen LogP contribution in [0.1, 0.15) is 37.8 Å². The average molecular weight is 354 g/mol. The monoisotopic (exact) mass is 354 g/mol. The van der Waals surface area contributed by atoms with Gasteiger partial charge in [-0.3, -0.25) is 0 Å². The van der Waals surface area contributed by atoms with E-state index in [-0.39, 0.29) is 12.5 Å². The van der Waals surface area contributed by atoms with Crippen molar-refractivity contribution in [2.75, 3.05) is 6.61 Å². The van der Waals surface area contributed by atoms with E-state index in [0.717, 1.165) is 22.3 Å². The van der Waals surface area contributed by atoms with Crippen LogP contribution in [0.3, 0.4) is 0 Å². The quantitative estimate of drug-likeness (QED) is 0.500. The zero-order chi connectivity index (χ0) is 18.9. The lowest BCUT2D eigenvalue weighted by Crippen LogP contribution is -2.46. The van der Waals surface area contributed by atoms with Gasteiger partial charge in [0.15, 0.2) is 0 Å². The first-order valence-electron chi connectivity index (χ1n) is 8.41. The number of benzene rings is 2. The van der Waals surface area contributed by atoms with Crippen LogP contribution in [0.2, 0.25) is 0 Å². The average Bonchev–Trinajstić information content (AvgIpc) is 2.91. The molecule has 0 aromatic heterocycles. The molecule has 6 heteroatoms. The summed E-state index contributed by atoms with van der Waals surface area (Å²) in [6.45, 7) is 5.16. The third-order valence-corrected chi connectivity index (χ3v) is 4.12. The second-order valence-electron chi connectivity index (χ2n) is 7.15. The first-order chi connectivity index (χ1) is 12.3. The number of amides is 2. The topological polar surface area (TPSA) is 81.9 Å². The highest BCUT2D eigenvalue weighted by molar-refractivity contribution is 5.87. The van der Waals surface area contributed by atoms with Crippen molar-refractivity contribution in [3.63, 3.8) is 0 Å². The third kappa shape index (κ3) is 3.55. The first-order valence-corrected chi connectivity index (χ1v) is 8.41. The number of imide groups is 1. The predicted molar refractivity (Wildman–Crippen MR) is 97.3 cm³/mol. The van der Waals surface area contributed by atoms with E-state index >= 15 is 0 Å². The van der Waals surface area contributed by atoms with Crippen molar-refractivity contribution in [2.45, 2.75) is 32.3 Å². The SMILES string of the molecule is CC(C)(C)OC(=O)N(N)C(=O)OCC1c2ccccc2-c2ccccc21. The largest absolute Gasteiger partial charge is 0.447 e. The van der Waals surface area contributed by atoms with Crippen molar-refractivity contribution in [3.05, 3.63) is 59.7 Å². The van der Waals surface area contributed by atoms with E-state index < -0.39 is 17.8 Å². The maximum absolute atomic E-state index is 12.1. The normalized spacial score (nSPS) is 12.9. The predicted octanol–water partition coefficient (Wildman–Crippen LogP) is 4.05. The number of ether oxygens (including phenoxy) is 2. The van der Waals surface area contributed by atoms with Crippen LogP contribution in [-0.4, -0.2) is 29.4 Å². The van der Waals surface area contributed by atoms with Crippen molar-refractivity contribution in [2.24, 2.45) is 5.84 Å². The zero-order valence-corrected chi connectivity index (χ0v) is 15.1. The zero-order valence-electron chi connectivity index (χ0n) is 15.1. The molecule has 3 rings (SSSR count). The summed E-state index contributed by atoms with van der Waals surface area (Å²) in [7, 11) is 0. The molecule has 0 spiro atoms. The molecule has 136 valence electrons. The van der Waals surface area contributed by atoms with Crippen molar-refractivity contribution in [3.8, 4) is 11.1 Å². The van der Waals surface area contributed by atoms with Crippen molar-refractivity contribution < 1.29 is 19.1 Å². The lowest BCUT2D eigenvalue weighted by atomic mass is 9.98. The number of rotatable bonds is 2. The molecule has 0 atom stereocenters. The summed E-state index contributed by atoms with van der Waals surface area (Å²) in [5.41, 5.74) is 3.67. The highest BCUT2D eigenvalue weighted by Gasteiger charge is 2.31. The Labute approximate surface area is 152 Å². The van der Waals surface area contributed by atoms with Gasteiger partial charge in [-0.2, -0.15) is 0 Å². The number of nitrogens with zero attached hydrogens (tertiary/aromatic N) is 1. The molecule has 2 N–H and O–H groups in total. The number of carbonyl (C=O) groups excluding carboxylic acids is 2. The fraction of sp³-hybridized carbons (Fsp3) is 0.300. The summed E-state index contributed by atoms with van der Waals surface area (Å²) >= 11 is 0. The summed E-state index contributed by atoms with van der Waals surface area (Å²) in [6.07, 6.45) is -1.89. The van der Waals surface area contributed by atoms with Crippen LogP contribution in [-0.2, 0) is 9.47 Å². The highest BCUT2D eigenvalue weighted by Crippen LogP contribution is 2.44. The number of hydrogen-bond acceptors (Lipinski definition) is 5. The molecule has 0 radical (unpaired) electrons. The molecule has 1 aliphatic rings. The van der Waals surface area contributed by atoms with Crippen molar-refractivity contribution in [1.82, 2.24) is 5.01 Å². The number of nitrogens with two attached hydrogens (primary N) is 1. The molecule has 0 unspecified atom stereocenters. The van der Waals surface area contributed by atoms with Gasteiger partial charge in [-0.15, -0.1) is 5.01 Å². The lowest BCUT2D eigenvalue weighted by molar-refractivity contribution is 0.0214. The number of hydrogen-bond donors (Lipinski definition) is 1. The standard InChI is InChI=1S/C20H22N2O4/c1-20(2,3)26-19(24)22(21)18(23)25-12-17-15-10-6-4-8-13(15)14-9-5-7-11-16(14)17/h4-11,17H,12,21H2,1-3H3. The molecule has 0 fully saturated rings.